The van der Waals surface area contributed by atoms with Crippen LogP contribution in [0.25, 0.3) is 0 Å². The van der Waals surface area contributed by atoms with Gasteiger partial charge in [-0.05, 0) is 87.2 Å². The first-order valence-electron chi connectivity index (χ1n) is 13.1. The zero-order valence-corrected chi connectivity index (χ0v) is 25.7. The van der Waals surface area contributed by atoms with Crippen molar-refractivity contribution in [3.63, 3.8) is 0 Å². The van der Waals surface area contributed by atoms with E-state index in [1.165, 1.54) is 17.0 Å². The summed E-state index contributed by atoms with van der Waals surface area (Å²) in [5.74, 6) is -0.851. The van der Waals surface area contributed by atoms with Crippen LogP contribution in [0.5, 0.6) is 0 Å². The normalized spacial score (nSPS) is 12.1. The Labute approximate surface area is 247 Å². The average molecular weight is 605 g/mol. The van der Waals surface area contributed by atoms with Crippen LogP contribution < -0.4 is 9.62 Å². The molecule has 0 spiro atoms. The Morgan fingerprint density at radius 1 is 0.875 bits per heavy atom. The first-order valence-corrected chi connectivity index (χ1v) is 15.3. The van der Waals surface area contributed by atoms with E-state index in [1.54, 1.807) is 56.3 Å². The van der Waals surface area contributed by atoms with Crippen molar-refractivity contribution in [2.45, 2.75) is 58.5 Å². The molecule has 40 heavy (non-hydrogen) atoms. The van der Waals surface area contributed by atoms with Crippen molar-refractivity contribution in [1.29, 1.82) is 0 Å². The monoisotopic (exact) mass is 603 g/mol. The van der Waals surface area contributed by atoms with Gasteiger partial charge in [0.2, 0.25) is 11.8 Å². The molecule has 10 heteroatoms. The summed E-state index contributed by atoms with van der Waals surface area (Å²) in [4.78, 5) is 28.6. The van der Waals surface area contributed by atoms with E-state index in [0.29, 0.717) is 34.3 Å². The smallest absolute Gasteiger partial charge is 0.264 e. The predicted octanol–water partition coefficient (Wildman–Crippen LogP) is 6.06. The molecule has 3 rings (SSSR count). The summed E-state index contributed by atoms with van der Waals surface area (Å²) in [7, 11) is -4.13. The molecule has 3 aromatic carbocycles. The number of halogens is 2. The minimum Gasteiger partial charge on any atom is -0.355 e. The molecule has 3 aromatic rings. The van der Waals surface area contributed by atoms with Crippen LogP contribution in [0, 0.1) is 20.8 Å². The summed E-state index contributed by atoms with van der Waals surface area (Å²) in [6.07, 6.45) is 0.327. The second kappa shape index (κ2) is 13.5. The predicted molar refractivity (Wildman–Crippen MR) is 161 cm³/mol. The van der Waals surface area contributed by atoms with Crippen LogP contribution >= 0.6 is 23.2 Å². The molecule has 0 aromatic heterocycles. The van der Waals surface area contributed by atoms with Crippen LogP contribution in [0.15, 0.2) is 65.6 Å². The van der Waals surface area contributed by atoms with Crippen molar-refractivity contribution >= 4 is 50.7 Å². The molecule has 2 amide bonds. The fourth-order valence-electron chi connectivity index (χ4n) is 4.29. The number of nitrogens with zero attached hydrogens (tertiary/aromatic N) is 2. The zero-order chi connectivity index (χ0) is 29.6. The SMILES string of the molecule is CCNC(=O)[C@H](CC)N(Cc1ccc(Cl)c(Cl)c1)C(=O)CN(c1ccc(C)c(C)c1)S(=O)(=O)c1ccc(C)cc1. The number of likely N-dealkylation sites (N-methyl/N-ethyl adjacent to an activating group) is 1. The van der Waals surface area contributed by atoms with Gasteiger partial charge in [-0.25, -0.2) is 8.42 Å². The largest absolute Gasteiger partial charge is 0.355 e. The number of anilines is 1. The summed E-state index contributed by atoms with van der Waals surface area (Å²) < 4.78 is 29.0. The Bertz CT molecular complexity index is 1480. The lowest BCUT2D eigenvalue weighted by Gasteiger charge is -2.33. The number of aryl methyl sites for hydroxylation is 3. The molecule has 0 radical (unpaired) electrons. The third kappa shape index (κ3) is 7.36. The highest BCUT2D eigenvalue weighted by molar-refractivity contribution is 7.92. The molecule has 1 N–H and O–H groups in total. The van der Waals surface area contributed by atoms with Gasteiger partial charge in [0.25, 0.3) is 10.0 Å². The van der Waals surface area contributed by atoms with Crippen LogP contribution in [0.1, 0.15) is 42.5 Å². The van der Waals surface area contributed by atoms with E-state index in [-0.39, 0.29) is 17.3 Å². The van der Waals surface area contributed by atoms with Crippen LogP contribution in [-0.4, -0.2) is 44.3 Å². The lowest BCUT2D eigenvalue weighted by molar-refractivity contribution is -0.140. The molecule has 7 nitrogen and oxygen atoms in total. The molecule has 0 aliphatic carbocycles. The van der Waals surface area contributed by atoms with E-state index in [2.05, 4.69) is 5.32 Å². The Morgan fingerprint density at radius 2 is 1.55 bits per heavy atom. The second-order valence-electron chi connectivity index (χ2n) is 9.68. The molecule has 0 aliphatic heterocycles. The van der Waals surface area contributed by atoms with Crippen molar-refractivity contribution in [2.75, 3.05) is 17.4 Å². The van der Waals surface area contributed by atoms with E-state index in [1.807, 2.05) is 26.8 Å². The fraction of sp³-hybridized carbons (Fsp3) is 0.333. The number of sulfonamides is 1. The third-order valence-electron chi connectivity index (χ3n) is 6.74. The quantitative estimate of drug-likeness (QED) is 0.289. The van der Waals surface area contributed by atoms with Crippen molar-refractivity contribution in [1.82, 2.24) is 10.2 Å². The Morgan fingerprint density at radius 3 is 2.12 bits per heavy atom. The maximum absolute atomic E-state index is 14.1. The molecule has 0 fully saturated rings. The number of nitrogens with one attached hydrogen (secondary N) is 1. The van der Waals surface area contributed by atoms with Gasteiger partial charge in [0.05, 0.1) is 20.6 Å². The first kappa shape index (κ1) is 31.5. The van der Waals surface area contributed by atoms with Crippen LogP contribution in [0.3, 0.4) is 0 Å². The van der Waals surface area contributed by atoms with E-state index in [4.69, 9.17) is 23.2 Å². The summed E-state index contributed by atoms with van der Waals surface area (Å²) in [6, 6.07) is 15.9. The van der Waals surface area contributed by atoms with Gasteiger partial charge in [-0.1, -0.05) is 60.0 Å². The average Bonchev–Trinajstić information content (AvgIpc) is 2.91. The Balaban J connectivity index is 2.09. The van der Waals surface area contributed by atoms with Crippen LogP contribution in [0.4, 0.5) is 5.69 Å². The van der Waals surface area contributed by atoms with Gasteiger partial charge in [-0.15, -0.1) is 0 Å². The van der Waals surface area contributed by atoms with Gasteiger partial charge in [0, 0.05) is 13.1 Å². The highest BCUT2D eigenvalue weighted by Crippen LogP contribution is 2.28. The molecule has 0 heterocycles. The van der Waals surface area contributed by atoms with Gasteiger partial charge in [0.1, 0.15) is 12.6 Å². The maximum Gasteiger partial charge on any atom is 0.264 e. The molecule has 0 bridgehead atoms. The molecule has 0 saturated heterocycles. The highest BCUT2D eigenvalue weighted by atomic mass is 35.5. The molecular formula is C30H35Cl2N3O4S. The van der Waals surface area contributed by atoms with Crippen molar-refractivity contribution in [2.24, 2.45) is 0 Å². The maximum atomic E-state index is 14.1. The van der Waals surface area contributed by atoms with Crippen molar-refractivity contribution in [3.05, 3.63) is 93.0 Å². The zero-order valence-electron chi connectivity index (χ0n) is 23.4. The number of rotatable bonds is 11. The van der Waals surface area contributed by atoms with Crippen LogP contribution in [-0.2, 0) is 26.2 Å². The minimum atomic E-state index is -4.13. The summed E-state index contributed by atoms with van der Waals surface area (Å²) >= 11 is 12.3. The number of carbonyl (C=O) groups excluding carboxylic acids is 2. The summed E-state index contributed by atoms with van der Waals surface area (Å²) in [6.45, 7) is 9.21. The van der Waals surface area contributed by atoms with E-state index >= 15 is 0 Å². The van der Waals surface area contributed by atoms with Gasteiger partial charge in [-0.2, -0.15) is 0 Å². The second-order valence-corrected chi connectivity index (χ2v) is 12.4. The van der Waals surface area contributed by atoms with Crippen molar-refractivity contribution in [3.8, 4) is 0 Å². The molecular weight excluding hydrogens is 569 g/mol. The highest BCUT2D eigenvalue weighted by Gasteiger charge is 2.33. The third-order valence-corrected chi connectivity index (χ3v) is 9.27. The number of benzene rings is 3. The minimum absolute atomic E-state index is 0.0384. The van der Waals surface area contributed by atoms with Crippen LogP contribution in [0.2, 0.25) is 10.0 Å². The first-order chi connectivity index (χ1) is 18.9. The lowest BCUT2D eigenvalue weighted by atomic mass is 10.1. The standard InChI is InChI=1S/C30H35Cl2N3O4S/c1-6-28(30(37)33-7-2)34(18-23-11-15-26(31)27(32)17-23)29(36)19-35(24-12-10-21(4)22(5)16-24)40(38,39)25-13-8-20(3)9-14-25/h8-17,28H,6-7,18-19H2,1-5H3,(H,33,37)/t28-/m0/s1. The van der Waals surface area contributed by atoms with E-state index in [0.717, 1.165) is 21.0 Å². The van der Waals surface area contributed by atoms with Crippen molar-refractivity contribution < 1.29 is 18.0 Å². The van der Waals surface area contributed by atoms with Gasteiger partial charge >= 0.3 is 0 Å². The number of hydrogen-bond donors (Lipinski definition) is 1. The molecule has 214 valence electrons. The number of hydrogen-bond acceptors (Lipinski definition) is 4. The Hall–Kier alpha value is -3.07. The molecule has 0 saturated carbocycles. The Kier molecular flexibility index (Phi) is 10.6. The molecule has 0 unspecified atom stereocenters. The molecule has 1 atom stereocenters. The summed E-state index contributed by atoms with van der Waals surface area (Å²) in [5, 5.41) is 3.47. The number of carbonyl (C=O) groups is 2. The fourth-order valence-corrected chi connectivity index (χ4v) is 6.02. The molecule has 0 aliphatic rings. The van der Waals surface area contributed by atoms with Gasteiger partial charge < -0.3 is 10.2 Å². The van der Waals surface area contributed by atoms with Gasteiger partial charge in [0.15, 0.2) is 0 Å². The van der Waals surface area contributed by atoms with Gasteiger partial charge in [-0.3, -0.25) is 13.9 Å². The topological polar surface area (TPSA) is 86.8 Å². The number of amides is 2. The van der Waals surface area contributed by atoms with E-state index < -0.39 is 28.5 Å². The summed E-state index contributed by atoms with van der Waals surface area (Å²) in [5.41, 5.74) is 3.80. The lowest BCUT2D eigenvalue weighted by Crippen LogP contribution is -2.52. The van der Waals surface area contributed by atoms with E-state index in [9.17, 15) is 18.0 Å².